The van der Waals surface area contributed by atoms with Crippen molar-refractivity contribution in [3.05, 3.63) is 0 Å². The van der Waals surface area contributed by atoms with Gasteiger partial charge in [0.15, 0.2) is 0 Å². The van der Waals surface area contributed by atoms with Gasteiger partial charge in [-0.25, -0.2) is 0 Å². The van der Waals surface area contributed by atoms with Crippen LogP contribution in [0, 0.1) is 0 Å². The van der Waals surface area contributed by atoms with E-state index in [9.17, 15) is 9.59 Å². The Balaban J connectivity index is 3.17. The van der Waals surface area contributed by atoms with Gasteiger partial charge in [-0.05, 0) is 19.3 Å². The van der Waals surface area contributed by atoms with Gasteiger partial charge >= 0.3 is 5.97 Å². The molecule has 0 heterocycles. The summed E-state index contributed by atoms with van der Waals surface area (Å²) in [6.07, 6.45) is 12.0. The molecule has 1 amide bonds. The summed E-state index contributed by atoms with van der Waals surface area (Å²) in [5, 5.41) is 11.4. The Labute approximate surface area is 123 Å². The standard InChI is InChI=1S/C16H31NO3/c1-2-3-4-5-6-7-8-11-14-17-15(18)12-9-10-13-16(19)20/h2-14H2,1H3,(H,17,18)(H,19,20). The minimum Gasteiger partial charge on any atom is -0.481 e. The maximum Gasteiger partial charge on any atom is 0.303 e. The molecule has 0 spiro atoms. The highest BCUT2D eigenvalue weighted by atomic mass is 16.4. The summed E-state index contributed by atoms with van der Waals surface area (Å²) in [6, 6.07) is 0. The summed E-state index contributed by atoms with van der Waals surface area (Å²) >= 11 is 0. The first kappa shape index (κ1) is 18.9. The third-order valence-corrected chi connectivity index (χ3v) is 3.40. The lowest BCUT2D eigenvalue weighted by Gasteiger charge is -2.05. The molecule has 0 aromatic carbocycles. The first-order valence-electron chi connectivity index (χ1n) is 8.15. The van der Waals surface area contributed by atoms with E-state index in [0.29, 0.717) is 19.3 Å². The molecule has 4 nitrogen and oxygen atoms in total. The van der Waals surface area contributed by atoms with Gasteiger partial charge in [-0.1, -0.05) is 51.9 Å². The molecule has 0 aromatic heterocycles. The van der Waals surface area contributed by atoms with Crippen molar-refractivity contribution in [1.82, 2.24) is 5.32 Å². The van der Waals surface area contributed by atoms with E-state index in [-0.39, 0.29) is 12.3 Å². The number of rotatable bonds is 14. The quantitative estimate of drug-likeness (QED) is 0.476. The number of carboxylic acids is 1. The average molecular weight is 285 g/mol. The van der Waals surface area contributed by atoms with Crippen LogP contribution in [0.5, 0.6) is 0 Å². The van der Waals surface area contributed by atoms with Crippen molar-refractivity contribution >= 4 is 11.9 Å². The molecule has 0 saturated carbocycles. The first-order chi connectivity index (χ1) is 9.66. The Morgan fingerprint density at radius 2 is 1.35 bits per heavy atom. The van der Waals surface area contributed by atoms with E-state index < -0.39 is 5.97 Å². The van der Waals surface area contributed by atoms with Crippen LogP contribution < -0.4 is 5.32 Å². The normalized spacial score (nSPS) is 10.4. The van der Waals surface area contributed by atoms with Gasteiger partial charge in [0.25, 0.3) is 0 Å². The lowest BCUT2D eigenvalue weighted by molar-refractivity contribution is -0.137. The minimum absolute atomic E-state index is 0.0540. The topological polar surface area (TPSA) is 66.4 Å². The second-order valence-corrected chi connectivity index (χ2v) is 5.43. The lowest BCUT2D eigenvalue weighted by Crippen LogP contribution is -2.24. The molecular weight excluding hydrogens is 254 g/mol. The number of carboxylic acid groups (broad SMARTS) is 1. The van der Waals surface area contributed by atoms with E-state index in [1.807, 2.05) is 0 Å². The highest BCUT2D eigenvalue weighted by Crippen LogP contribution is 2.08. The minimum atomic E-state index is -0.788. The molecule has 20 heavy (non-hydrogen) atoms. The summed E-state index contributed by atoms with van der Waals surface area (Å²) < 4.78 is 0. The molecule has 0 atom stereocenters. The molecule has 0 aliphatic carbocycles. The molecule has 4 heteroatoms. The summed E-state index contributed by atoms with van der Waals surface area (Å²) in [7, 11) is 0. The second-order valence-electron chi connectivity index (χ2n) is 5.43. The SMILES string of the molecule is CCCCCCCCCCNC(=O)CCCCC(=O)O. The highest BCUT2D eigenvalue weighted by Gasteiger charge is 2.02. The van der Waals surface area contributed by atoms with Crippen LogP contribution in [0.2, 0.25) is 0 Å². The van der Waals surface area contributed by atoms with Crippen molar-refractivity contribution in [2.24, 2.45) is 0 Å². The molecule has 0 bridgehead atoms. The first-order valence-corrected chi connectivity index (χ1v) is 8.15. The van der Waals surface area contributed by atoms with Gasteiger partial charge in [-0.15, -0.1) is 0 Å². The number of hydrogen-bond donors (Lipinski definition) is 2. The zero-order valence-corrected chi connectivity index (χ0v) is 13.0. The number of unbranched alkanes of at least 4 members (excludes halogenated alkanes) is 8. The number of hydrogen-bond acceptors (Lipinski definition) is 2. The fourth-order valence-corrected chi connectivity index (χ4v) is 2.14. The Morgan fingerprint density at radius 3 is 1.95 bits per heavy atom. The molecule has 118 valence electrons. The maximum atomic E-state index is 11.4. The maximum absolute atomic E-state index is 11.4. The fraction of sp³-hybridized carbons (Fsp3) is 0.875. The molecule has 0 unspecified atom stereocenters. The monoisotopic (exact) mass is 285 g/mol. The number of carbonyl (C=O) groups excluding carboxylic acids is 1. The van der Waals surface area contributed by atoms with Crippen LogP contribution in [-0.4, -0.2) is 23.5 Å². The Hall–Kier alpha value is -1.06. The van der Waals surface area contributed by atoms with Crippen LogP contribution in [0.4, 0.5) is 0 Å². The number of carbonyl (C=O) groups is 2. The van der Waals surface area contributed by atoms with E-state index in [1.165, 1.54) is 44.9 Å². The van der Waals surface area contributed by atoms with Crippen LogP contribution >= 0.6 is 0 Å². The zero-order chi connectivity index (χ0) is 15.1. The summed E-state index contributed by atoms with van der Waals surface area (Å²) in [4.78, 5) is 21.7. The zero-order valence-electron chi connectivity index (χ0n) is 13.0. The number of aliphatic carboxylic acids is 1. The van der Waals surface area contributed by atoms with Crippen molar-refractivity contribution in [1.29, 1.82) is 0 Å². The largest absolute Gasteiger partial charge is 0.481 e. The van der Waals surface area contributed by atoms with Crippen LogP contribution in [0.3, 0.4) is 0 Å². The molecule has 0 radical (unpaired) electrons. The van der Waals surface area contributed by atoms with Crippen LogP contribution in [-0.2, 0) is 9.59 Å². The average Bonchev–Trinajstić information content (AvgIpc) is 2.41. The lowest BCUT2D eigenvalue weighted by atomic mass is 10.1. The summed E-state index contributed by atoms with van der Waals surface area (Å²) in [6.45, 7) is 2.98. The van der Waals surface area contributed by atoms with Crippen molar-refractivity contribution in [3.63, 3.8) is 0 Å². The van der Waals surface area contributed by atoms with Gasteiger partial charge < -0.3 is 10.4 Å². The van der Waals surface area contributed by atoms with Crippen molar-refractivity contribution in [2.75, 3.05) is 6.54 Å². The van der Waals surface area contributed by atoms with Crippen LogP contribution in [0.1, 0.15) is 84.0 Å². The molecule has 0 aliphatic heterocycles. The molecule has 0 fully saturated rings. The van der Waals surface area contributed by atoms with E-state index in [2.05, 4.69) is 12.2 Å². The number of amides is 1. The van der Waals surface area contributed by atoms with E-state index >= 15 is 0 Å². The van der Waals surface area contributed by atoms with Gasteiger partial charge in [0.1, 0.15) is 0 Å². The van der Waals surface area contributed by atoms with Crippen molar-refractivity contribution in [3.8, 4) is 0 Å². The van der Waals surface area contributed by atoms with Crippen LogP contribution in [0.15, 0.2) is 0 Å². The Bertz CT molecular complexity index is 254. The summed E-state index contributed by atoms with van der Waals surface area (Å²) in [5.74, 6) is -0.734. The van der Waals surface area contributed by atoms with Crippen molar-refractivity contribution < 1.29 is 14.7 Å². The second kappa shape index (κ2) is 14.4. The molecule has 0 saturated heterocycles. The van der Waals surface area contributed by atoms with E-state index in [4.69, 9.17) is 5.11 Å². The number of nitrogens with one attached hydrogen (secondary N) is 1. The van der Waals surface area contributed by atoms with Crippen molar-refractivity contribution in [2.45, 2.75) is 84.0 Å². The fourth-order valence-electron chi connectivity index (χ4n) is 2.14. The molecule has 0 rings (SSSR count). The third kappa shape index (κ3) is 15.0. The third-order valence-electron chi connectivity index (χ3n) is 3.40. The van der Waals surface area contributed by atoms with Gasteiger partial charge in [0, 0.05) is 19.4 Å². The van der Waals surface area contributed by atoms with Crippen LogP contribution in [0.25, 0.3) is 0 Å². The van der Waals surface area contributed by atoms with E-state index in [1.54, 1.807) is 0 Å². The molecule has 2 N–H and O–H groups in total. The predicted molar refractivity (Wildman–Crippen MR) is 81.7 cm³/mol. The highest BCUT2D eigenvalue weighted by molar-refractivity contribution is 5.75. The van der Waals surface area contributed by atoms with E-state index in [0.717, 1.165) is 13.0 Å². The van der Waals surface area contributed by atoms with Gasteiger partial charge in [0.2, 0.25) is 5.91 Å². The summed E-state index contributed by atoms with van der Waals surface area (Å²) in [5.41, 5.74) is 0. The smallest absolute Gasteiger partial charge is 0.303 e. The van der Waals surface area contributed by atoms with Gasteiger partial charge in [-0.2, -0.15) is 0 Å². The van der Waals surface area contributed by atoms with Gasteiger partial charge in [0.05, 0.1) is 0 Å². The molecular formula is C16H31NO3. The predicted octanol–water partition coefficient (Wildman–Crippen LogP) is 3.89. The Morgan fingerprint density at radius 1 is 0.800 bits per heavy atom. The molecule has 0 aromatic rings. The Kier molecular flexibility index (Phi) is 13.6. The molecule has 0 aliphatic rings. The van der Waals surface area contributed by atoms with Gasteiger partial charge in [-0.3, -0.25) is 9.59 Å².